The number of piperidine rings is 1. The highest BCUT2D eigenvalue weighted by atomic mass is 32.2. The first-order valence-electron chi connectivity index (χ1n) is 10.4. The molecule has 2 saturated heterocycles. The Bertz CT molecular complexity index is 1210. The molecule has 168 valence electrons. The maximum absolute atomic E-state index is 14.0. The van der Waals surface area contributed by atoms with Crippen molar-refractivity contribution < 1.29 is 17.2 Å². The van der Waals surface area contributed by atoms with Crippen LogP contribution in [0.2, 0.25) is 0 Å². The van der Waals surface area contributed by atoms with Gasteiger partial charge in [0.2, 0.25) is 15.2 Å². The minimum atomic E-state index is -3.82. The summed E-state index contributed by atoms with van der Waals surface area (Å²) < 4.78 is 58.6. The smallest absolute Gasteiger partial charge is 0.245 e. The van der Waals surface area contributed by atoms with Crippen molar-refractivity contribution >= 4 is 26.7 Å². The van der Waals surface area contributed by atoms with Gasteiger partial charge in [-0.05, 0) is 42.7 Å². The molecule has 0 saturated carbocycles. The quantitative estimate of drug-likeness (QED) is 0.562. The summed E-state index contributed by atoms with van der Waals surface area (Å²) in [6.07, 6.45) is 2.02. The van der Waals surface area contributed by atoms with Gasteiger partial charge < -0.3 is 4.90 Å². The highest BCUT2D eigenvalue weighted by Crippen LogP contribution is 2.44. The number of anilines is 1. The van der Waals surface area contributed by atoms with Crippen molar-refractivity contribution in [3.8, 4) is 0 Å². The summed E-state index contributed by atoms with van der Waals surface area (Å²) in [5.41, 5.74) is 1.02. The zero-order valence-corrected chi connectivity index (χ0v) is 18.9. The van der Waals surface area contributed by atoms with Gasteiger partial charge in [0.05, 0.1) is 0 Å². The van der Waals surface area contributed by atoms with Gasteiger partial charge in [-0.2, -0.15) is 8.68 Å². The van der Waals surface area contributed by atoms with Crippen molar-refractivity contribution in [3.05, 3.63) is 71.6 Å². The third-order valence-electron chi connectivity index (χ3n) is 6.29. The lowest BCUT2D eigenvalue weighted by Gasteiger charge is -2.53. The first-order valence-corrected chi connectivity index (χ1v) is 12.6. The molecule has 5 rings (SSSR count). The summed E-state index contributed by atoms with van der Waals surface area (Å²) in [4.78, 5) is 6.54. The molecule has 3 aromatic rings. The van der Waals surface area contributed by atoms with Crippen molar-refractivity contribution in [1.82, 2.24) is 13.7 Å². The van der Waals surface area contributed by atoms with E-state index in [1.54, 1.807) is 12.1 Å². The van der Waals surface area contributed by atoms with Gasteiger partial charge in [-0.15, -0.1) is 0 Å². The molecule has 0 amide bonds. The van der Waals surface area contributed by atoms with E-state index in [9.17, 15) is 17.2 Å². The molecule has 0 N–H and O–H groups in total. The Labute approximate surface area is 189 Å². The Morgan fingerprint density at radius 3 is 2.38 bits per heavy atom. The lowest BCUT2D eigenvalue weighted by atomic mass is 9.73. The number of rotatable bonds is 5. The highest BCUT2D eigenvalue weighted by Gasteiger charge is 2.47. The van der Waals surface area contributed by atoms with Crippen LogP contribution in [0.25, 0.3) is 0 Å². The fourth-order valence-electron chi connectivity index (χ4n) is 4.44. The minimum Gasteiger partial charge on any atom is -0.346 e. The molecule has 2 aliphatic rings. The van der Waals surface area contributed by atoms with Crippen molar-refractivity contribution in [2.45, 2.75) is 24.2 Å². The Hall–Kier alpha value is -2.43. The predicted octanol–water partition coefficient (Wildman–Crippen LogP) is 3.70. The molecule has 6 nitrogen and oxygen atoms in total. The number of halogens is 2. The Morgan fingerprint density at radius 2 is 1.69 bits per heavy atom. The van der Waals surface area contributed by atoms with Crippen molar-refractivity contribution in [3.63, 3.8) is 0 Å². The van der Waals surface area contributed by atoms with E-state index in [0.29, 0.717) is 25.3 Å². The van der Waals surface area contributed by atoms with E-state index in [1.807, 2.05) is 0 Å². The summed E-state index contributed by atoms with van der Waals surface area (Å²) in [5.74, 6) is -0.266. The molecule has 32 heavy (non-hydrogen) atoms. The third-order valence-corrected chi connectivity index (χ3v) is 9.04. The summed E-state index contributed by atoms with van der Waals surface area (Å²) >= 11 is 1.35. The largest absolute Gasteiger partial charge is 0.346 e. The molecular weight excluding hydrogens is 454 g/mol. The van der Waals surface area contributed by atoms with Gasteiger partial charge >= 0.3 is 0 Å². The second kappa shape index (κ2) is 8.17. The second-order valence-corrected chi connectivity index (χ2v) is 11.1. The lowest BCUT2D eigenvalue weighted by molar-refractivity contribution is 0.114. The summed E-state index contributed by atoms with van der Waals surface area (Å²) in [7, 11) is -3.82. The van der Waals surface area contributed by atoms with E-state index in [2.05, 4.69) is 14.3 Å². The number of nitrogens with zero attached hydrogens (tertiary/aromatic N) is 4. The first-order chi connectivity index (χ1) is 15.3. The number of benzene rings is 2. The van der Waals surface area contributed by atoms with E-state index < -0.39 is 15.8 Å². The number of hydrogen-bond donors (Lipinski definition) is 0. The second-order valence-electron chi connectivity index (χ2n) is 8.49. The van der Waals surface area contributed by atoms with Gasteiger partial charge in [-0.3, -0.25) is 0 Å². The van der Waals surface area contributed by atoms with E-state index >= 15 is 0 Å². The van der Waals surface area contributed by atoms with Gasteiger partial charge in [0, 0.05) is 49.5 Å². The van der Waals surface area contributed by atoms with Crippen molar-refractivity contribution in [1.29, 1.82) is 0 Å². The van der Waals surface area contributed by atoms with Gasteiger partial charge in [-0.1, -0.05) is 24.3 Å². The summed E-state index contributed by atoms with van der Waals surface area (Å²) in [5, 5.41) is 0.856. The molecule has 10 heteroatoms. The molecule has 0 bridgehead atoms. The fourth-order valence-corrected chi connectivity index (χ4v) is 6.63. The lowest BCUT2D eigenvalue weighted by Crippen LogP contribution is -2.61. The average Bonchev–Trinajstić information content (AvgIpc) is 3.22. The molecule has 0 unspecified atom stereocenters. The fraction of sp³-hybridized carbons (Fsp3) is 0.364. The Kier molecular flexibility index (Phi) is 5.47. The van der Waals surface area contributed by atoms with Crippen molar-refractivity contribution in [2.24, 2.45) is 5.41 Å². The zero-order valence-electron chi connectivity index (χ0n) is 17.2. The highest BCUT2D eigenvalue weighted by molar-refractivity contribution is 7.89. The maximum Gasteiger partial charge on any atom is 0.245 e. The van der Waals surface area contributed by atoms with E-state index in [4.69, 9.17) is 0 Å². The first kappa shape index (κ1) is 21.4. The van der Waals surface area contributed by atoms with Gasteiger partial charge in [0.1, 0.15) is 22.4 Å². The summed E-state index contributed by atoms with van der Waals surface area (Å²) in [6, 6.07) is 11.9. The SMILES string of the molecule is O=S(=O)(c1ccccc1F)N1CCC2(CC1)CN(c1nc(Cc3ccc(F)cc3)ns1)C2. The van der Waals surface area contributed by atoms with Crippen LogP contribution in [0.5, 0.6) is 0 Å². The minimum absolute atomic E-state index is 0.0596. The molecule has 0 aliphatic carbocycles. The molecule has 2 aromatic carbocycles. The van der Waals surface area contributed by atoms with Crippen LogP contribution in [0.1, 0.15) is 24.2 Å². The summed E-state index contributed by atoms with van der Waals surface area (Å²) in [6.45, 7) is 2.39. The molecule has 2 aliphatic heterocycles. The van der Waals surface area contributed by atoms with Gasteiger partial charge in [0.25, 0.3) is 0 Å². The monoisotopic (exact) mass is 476 g/mol. The zero-order chi connectivity index (χ0) is 22.3. The maximum atomic E-state index is 14.0. The number of sulfonamides is 1. The van der Waals surface area contributed by atoms with E-state index in [0.717, 1.165) is 36.6 Å². The van der Waals surface area contributed by atoms with Crippen LogP contribution in [0.3, 0.4) is 0 Å². The van der Waals surface area contributed by atoms with Crippen LogP contribution in [-0.4, -0.2) is 48.3 Å². The average molecular weight is 477 g/mol. The van der Waals surface area contributed by atoms with E-state index in [-0.39, 0.29) is 16.1 Å². The molecule has 0 atom stereocenters. The van der Waals surface area contributed by atoms with Gasteiger partial charge in [-0.25, -0.2) is 22.2 Å². The Morgan fingerprint density at radius 1 is 1.00 bits per heavy atom. The molecular formula is C22H22F2N4O2S2. The van der Waals surface area contributed by atoms with Crippen LogP contribution in [0, 0.1) is 17.0 Å². The van der Waals surface area contributed by atoms with Crippen molar-refractivity contribution in [2.75, 3.05) is 31.1 Å². The Balaban J connectivity index is 1.18. The van der Waals surface area contributed by atoms with Crippen LogP contribution >= 0.6 is 11.5 Å². The standard InChI is InChI=1S/C22H22F2N4O2S2/c23-17-7-5-16(6-8-17)13-20-25-21(31-26-20)27-14-22(15-27)9-11-28(12-10-22)32(29,30)19-4-2-1-3-18(19)24/h1-8H,9-15H2. The molecule has 1 spiro atoms. The topological polar surface area (TPSA) is 66.4 Å². The molecule has 1 aromatic heterocycles. The molecule has 2 fully saturated rings. The normalized spacial score (nSPS) is 18.6. The number of hydrogen-bond acceptors (Lipinski definition) is 6. The number of aromatic nitrogens is 2. The van der Waals surface area contributed by atoms with Crippen LogP contribution in [0.4, 0.5) is 13.9 Å². The van der Waals surface area contributed by atoms with Gasteiger partial charge in [0.15, 0.2) is 0 Å². The molecule has 3 heterocycles. The van der Waals surface area contributed by atoms with Crippen LogP contribution in [-0.2, 0) is 16.4 Å². The third kappa shape index (κ3) is 4.02. The molecule has 0 radical (unpaired) electrons. The van der Waals surface area contributed by atoms with Crippen LogP contribution < -0.4 is 4.90 Å². The van der Waals surface area contributed by atoms with Crippen LogP contribution in [0.15, 0.2) is 53.4 Å². The van der Waals surface area contributed by atoms with E-state index in [1.165, 1.54) is 52.2 Å². The predicted molar refractivity (Wildman–Crippen MR) is 118 cm³/mol.